The smallest absolute Gasteiger partial charge is 0.337 e. The molecule has 0 bridgehead atoms. The number of rotatable bonds is 5. The number of carbonyl (C=O) groups is 2. The molecule has 2 heterocycles. The first-order chi connectivity index (χ1) is 17.1. The quantitative estimate of drug-likeness (QED) is 0.297. The molecule has 1 saturated carbocycles. The van der Waals surface area contributed by atoms with Gasteiger partial charge in [0.2, 0.25) is 0 Å². The van der Waals surface area contributed by atoms with E-state index in [1.165, 1.54) is 25.3 Å². The van der Waals surface area contributed by atoms with Crippen molar-refractivity contribution in [1.29, 1.82) is 0 Å². The zero-order chi connectivity index (χ0) is 24.2. The Bertz CT molecular complexity index is 1270. The molecule has 178 valence electrons. The molecule has 1 aliphatic carbocycles. The van der Waals surface area contributed by atoms with Crippen LogP contribution >= 0.6 is 11.8 Å². The molecule has 2 aliphatic rings. The summed E-state index contributed by atoms with van der Waals surface area (Å²) in [7, 11) is 1.36. The number of ether oxygens (including phenoxy) is 1. The number of para-hydroxylation sites is 1. The Balaban J connectivity index is 1.41. The molecule has 0 spiro atoms. The highest BCUT2D eigenvalue weighted by Gasteiger charge is 2.38. The van der Waals surface area contributed by atoms with Crippen LogP contribution in [-0.4, -0.2) is 35.1 Å². The molecule has 3 aromatic rings. The second kappa shape index (κ2) is 10.4. The molecule has 0 N–H and O–H groups in total. The van der Waals surface area contributed by atoms with Crippen molar-refractivity contribution in [2.24, 2.45) is 4.99 Å². The molecule has 0 atom stereocenters. The highest BCUT2D eigenvalue weighted by Crippen LogP contribution is 2.39. The summed E-state index contributed by atoms with van der Waals surface area (Å²) in [5.41, 5.74) is 2.15. The van der Waals surface area contributed by atoms with Gasteiger partial charge in [0.05, 0.1) is 23.3 Å². The molecule has 2 aromatic carbocycles. The van der Waals surface area contributed by atoms with Gasteiger partial charge in [0, 0.05) is 17.7 Å². The van der Waals surface area contributed by atoms with Gasteiger partial charge in [-0.05, 0) is 61.0 Å². The van der Waals surface area contributed by atoms with E-state index in [9.17, 15) is 9.59 Å². The summed E-state index contributed by atoms with van der Waals surface area (Å²) in [4.78, 5) is 32.5. The number of thioether (sulfide) groups is 1. The molecule has 1 amide bonds. The first-order valence-electron chi connectivity index (χ1n) is 11.8. The van der Waals surface area contributed by atoms with Gasteiger partial charge in [0.25, 0.3) is 5.91 Å². The summed E-state index contributed by atoms with van der Waals surface area (Å²) in [6, 6.07) is 20.7. The van der Waals surface area contributed by atoms with E-state index in [1.807, 2.05) is 59.5 Å². The summed E-state index contributed by atoms with van der Waals surface area (Å²) in [6.07, 6.45) is 7.28. The van der Waals surface area contributed by atoms with E-state index in [-0.39, 0.29) is 17.9 Å². The molecule has 0 unspecified atom stereocenters. The predicted molar refractivity (Wildman–Crippen MR) is 138 cm³/mol. The monoisotopic (exact) mass is 486 g/mol. The lowest BCUT2D eigenvalue weighted by atomic mass is 9.94. The minimum absolute atomic E-state index is 0.0167. The van der Waals surface area contributed by atoms with Crippen LogP contribution in [0.15, 0.2) is 81.0 Å². The van der Waals surface area contributed by atoms with E-state index in [1.54, 1.807) is 18.2 Å². The van der Waals surface area contributed by atoms with Gasteiger partial charge in [-0.1, -0.05) is 49.6 Å². The standard InChI is InChI=1S/C28H26N2O4S/c1-33-27(32)20-14-12-19(13-15-20)24-17-16-23(34-24)18-25-26(31)30(22-10-6-3-7-11-22)28(35-25)29-21-8-4-2-5-9-21/h2,4-5,8-9,12-18,22H,3,6-7,10-11H2,1H3/b25-18-,29-28?. The molecule has 5 rings (SSSR count). The maximum absolute atomic E-state index is 13.5. The minimum atomic E-state index is -0.381. The number of amidine groups is 1. The van der Waals surface area contributed by atoms with E-state index < -0.39 is 0 Å². The number of carbonyl (C=O) groups excluding carboxylic acids is 2. The summed E-state index contributed by atoms with van der Waals surface area (Å²) < 4.78 is 10.8. The molecule has 0 radical (unpaired) electrons. The van der Waals surface area contributed by atoms with E-state index in [2.05, 4.69) is 0 Å². The average Bonchev–Trinajstić information content (AvgIpc) is 3.49. The van der Waals surface area contributed by atoms with Crippen LogP contribution < -0.4 is 0 Å². The Morgan fingerprint density at radius 2 is 1.77 bits per heavy atom. The lowest BCUT2D eigenvalue weighted by Gasteiger charge is -2.30. The molecular weight excluding hydrogens is 460 g/mol. The maximum Gasteiger partial charge on any atom is 0.337 e. The molecule has 1 aromatic heterocycles. The minimum Gasteiger partial charge on any atom is -0.465 e. The summed E-state index contributed by atoms with van der Waals surface area (Å²) in [5, 5.41) is 0.726. The lowest BCUT2D eigenvalue weighted by molar-refractivity contribution is -0.124. The second-order valence-corrected chi connectivity index (χ2v) is 9.59. The van der Waals surface area contributed by atoms with Crippen molar-refractivity contribution in [2.75, 3.05) is 7.11 Å². The Kier molecular flexibility index (Phi) is 6.86. The van der Waals surface area contributed by atoms with Crippen LogP contribution in [0.4, 0.5) is 5.69 Å². The highest BCUT2D eigenvalue weighted by molar-refractivity contribution is 8.18. The van der Waals surface area contributed by atoms with Crippen LogP contribution in [0.1, 0.15) is 48.2 Å². The summed E-state index contributed by atoms with van der Waals surface area (Å²) in [6.45, 7) is 0. The van der Waals surface area contributed by atoms with Crippen LogP contribution in [0.25, 0.3) is 17.4 Å². The van der Waals surface area contributed by atoms with Crippen molar-refractivity contribution in [3.05, 3.63) is 83.0 Å². The van der Waals surface area contributed by atoms with Crippen molar-refractivity contribution in [1.82, 2.24) is 4.90 Å². The van der Waals surface area contributed by atoms with Crippen molar-refractivity contribution in [3.63, 3.8) is 0 Å². The van der Waals surface area contributed by atoms with Gasteiger partial charge in [-0.3, -0.25) is 9.69 Å². The largest absolute Gasteiger partial charge is 0.465 e. The molecule has 2 fully saturated rings. The fourth-order valence-corrected chi connectivity index (χ4v) is 5.48. The van der Waals surface area contributed by atoms with Crippen LogP contribution in [0, 0.1) is 0 Å². The van der Waals surface area contributed by atoms with Gasteiger partial charge in [-0.2, -0.15) is 0 Å². The van der Waals surface area contributed by atoms with E-state index in [0.717, 1.165) is 42.1 Å². The van der Waals surface area contributed by atoms with E-state index >= 15 is 0 Å². The third-order valence-corrected chi connectivity index (χ3v) is 7.23. The molecule has 35 heavy (non-hydrogen) atoms. The fraction of sp³-hybridized carbons (Fsp3) is 0.250. The van der Waals surface area contributed by atoms with Crippen molar-refractivity contribution in [3.8, 4) is 11.3 Å². The van der Waals surface area contributed by atoms with Gasteiger partial charge in [0.15, 0.2) is 5.17 Å². The molecular formula is C28H26N2O4S. The third kappa shape index (κ3) is 5.10. The number of hydrogen-bond donors (Lipinski definition) is 0. The molecule has 1 aliphatic heterocycles. The van der Waals surface area contributed by atoms with Gasteiger partial charge >= 0.3 is 5.97 Å². The number of nitrogens with zero attached hydrogens (tertiary/aromatic N) is 2. The maximum atomic E-state index is 13.5. The van der Waals surface area contributed by atoms with E-state index in [0.29, 0.717) is 22.0 Å². The number of amides is 1. The molecule has 6 nitrogen and oxygen atoms in total. The normalized spacial score (nSPS) is 19.0. The number of esters is 1. The Labute approximate surface area is 208 Å². The Hall–Kier alpha value is -3.58. The Morgan fingerprint density at radius 1 is 1.03 bits per heavy atom. The number of hydrogen-bond acceptors (Lipinski definition) is 6. The van der Waals surface area contributed by atoms with Gasteiger partial charge in [0.1, 0.15) is 11.5 Å². The predicted octanol–water partition coefficient (Wildman–Crippen LogP) is 6.67. The number of furan rings is 1. The topological polar surface area (TPSA) is 72.1 Å². The SMILES string of the molecule is COC(=O)c1ccc(-c2ccc(/C=C3\SC(=Nc4ccccc4)N(C4CCCCC4)C3=O)o2)cc1. The number of aliphatic imine (C=N–C) groups is 1. The van der Waals surface area contributed by atoms with Gasteiger partial charge in [-0.25, -0.2) is 9.79 Å². The zero-order valence-corrected chi connectivity index (χ0v) is 20.3. The fourth-order valence-electron chi connectivity index (χ4n) is 4.44. The Morgan fingerprint density at radius 3 is 2.49 bits per heavy atom. The number of benzene rings is 2. The van der Waals surface area contributed by atoms with Crippen LogP contribution in [0.5, 0.6) is 0 Å². The first kappa shape index (κ1) is 23.2. The van der Waals surface area contributed by atoms with Crippen LogP contribution in [0.3, 0.4) is 0 Å². The van der Waals surface area contributed by atoms with E-state index in [4.69, 9.17) is 14.1 Å². The van der Waals surface area contributed by atoms with Crippen molar-refractivity contribution >= 4 is 40.6 Å². The van der Waals surface area contributed by atoms with Crippen LogP contribution in [-0.2, 0) is 9.53 Å². The van der Waals surface area contributed by atoms with Gasteiger partial charge in [-0.15, -0.1) is 0 Å². The lowest BCUT2D eigenvalue weighted by Crippen LogP contribution is -2.40. The molecule has 1 saturated heterocycles. The highest BCUT2D eigenvalue weighted by atomic mass is 32.2. The van der Waals surface area contributed by atoms with Gasteiger partial charge < -0.3 is 9.15 Å². The second-order valence-electron chi connectivity index (χ2n) is 8.58. The first-order valence-corrected chi connectivity index (χ1v) is 12.6. The zero-order valence-electron chi connectivity index (χ0n) is 19.5. The number of methoxy groups -OCH3 is 1. The van der Waals surface area contributed by atoms with Crippen LogP contribution in [0.2, 0.25) is 0 Å². The molecule has 7 heteroatoms. The summed E-state index contributed by atoms with van der Waals surface area (Å²) >= 11 is 1.40. The third-order valence-electron chi connectivity index (χ3n) is 6.25. The van der Waals surface area contributed by atoms with Crippen molar-refractivity contribution < 1.29 is 18.7 Å². The average molecular weight is 487 g/mol. The summed E-state index contributed by atoms with van der Waals surface area (Å²) in [5.74, 6) is 0.856. The van der Waals surface area contributed by atoms with Crippen molar-refractivity contribution in [2.45, 2.75) is 38.1 Å².